The fourth-order valence-corrected chi connectivity index (χ4v) is 3.11. The number of aromatic nitrogens is 1. The van der Waals surface area contributed by atoms with Crippen molar-refractivity contribution in [2.45, 2.75) is 17.4 Å². The second-order valence-corrected chi connectivity index (χ2v) is 6.52. The summed E-state index contributed by atoms with van der Waals surface area (Å²) in [5.41, 5.74) is 1.14. The molecule has 0 radical (unpaired) electrons. The van der Waals surface area contributed by atoms with E-state index in [0.29, 0.717) is 29.7 Å². The summed E-state index contributed by atoms with van der Waals surface area (Å²) in [5, 5.41) is 3.19. The summed E-state index contributed by atoms with van der Waals surface area (Å²) < 4.78 is 10.9. The van der Waals surface area contributed by atoms with Gasteiger partial charge in [0.15, 0.2) is 0 Å². The van der Waals surface area contributed by atoms with Gasteiger partial charge in [0, 0.05) is 17.5 Å². The van der Waals surface area contributed by atoms with E-state index in [2.05, 4.69) is 10.3 Å². The quantitative estimate of drug-likeness (QED) is 0.816. The lowest BCUT2D eigenvalue weighted by Crippen LogP contribution is -2.17. The Hall–Kier alpha value is -1.76. The van der Waals surface area contributed by atoms with Crippen molar-refractivity contribution in [1.29, 1.82) is 0 Å². The Bertz CT molecular complexity index is 736. The topological polar surface area (TPSA) is 60.5 Å². The molecule has 1 aliphatic rings. The second-order valence-electron chi connectivity index (χ2n) is 5.27. The number of carbonyl (C=O) groups is 1. The van der Waals surface area contributed by atoms with Crippen LogP contribution in [-0.4, -0.2) is 36.5 Å². The number of anilines is 1. The van der Waals surface area contributed by atoms with Crippen LogP contribution in [0.5, 0.6) is 5.88 Å². The zero-order valence-electron chi connectivity index (χ0n) is 13.1. The molecule has 0 spiro atoms. The van der Waals surface area contributed by atoms with Crippen molar-refractivity contribution in [3.05, 3.63) is 47.1 Å². The maximum Gasteiger partial charge on any atom is 0.257 e. The lowest BCUT2D eigenvalue weighted by molar-refractivity contribution is 0.102. The van der Waals surface area contributed by atoms with Gasteiger partial charge in [-0.1, -0.05) is 23.7 Å². The Morgan fingerprint density at radius 3 is 3.00 bits per heavy atom. The molecule has 126 valence electrons. The van der Waals surface area contributed by atoms with Crippen LogP contribution in [0.4, 0.5) is 5.69 Å². The summed E-state index contributed by atoms with van der Waals surface area (Å²) >= 11 is 7.77. The molecule has 3 rings (SSSR count). The van der Waals surface area contributed by atoms with Crippen LogP contribution in [0.25, 0.3) is 0 Å². The molecule has 1 aromatic heterocycles. The number of carbonyl (C=O) groups excluding carboxylic acids is 1. The highest BCUT2D eigenvalue weighted by atomic mass is 35.5. The molecule has 0 bridgehead atoms. The summed E-state index contributed by atoms with van der Waals surface area (Å²) in [6, 6.07) is 9.18. The minimum absolute atomic E-state index is 0.0388. The van der Waals surface area contributed by atoms with Crippen molar-refractivity contribution in [2.75, 3.05) is 24.8 Å². The minimum atomic E-state index is -0.262. The normalized spacial score (nSPS) is 16.8. The van der Waals surface area contributed by atoms with E-state index in [1.165, 1.54) is 6.20 Å². The number of halogens is 1. The first kappa shape index (κ1) is 17.1. The number of thioether (sulfide) groups is 1. The van der Waals surface area contributed by atoms with E-state index in [4.69, 9.17) is 21.1 Å². The van der Waals surface area contributed by atoms with Crippen molar-refractivity contribution < 1.29 is 14.3 Å². The van der Waals surface area contributed by atoms with Crippen LogP contribution in [-0.2, 0) is 4.74 Å². The standard InChI is InChI=1S/C17H17ClN2O3S/c1-24-15-5-3-2-4-14(15)20-16(21)11-8-13(18)17(19-9-11)23-12-6-7-22-10-12/h2-5,8-9,12H,6-7,10H2,1H3,(H,20,21). The molecule has 0 aliphatic carbocycles. The highest BCUT2D eigenvalue weighted by Gasteiger charge is 2.20. The maximum absolute atomic E-state index is 12.4. The number of ether oxygens (including phenoxy) is 2. The molecule has 24 heavy (non-hydrogen) atoms. The zero-order valence-corrected chi connectivity index (χ0v) is 14.7. The predicted molar refractivity (Wildman–Crippen MR) is 95.3 cm³/mol. The van der Waals surface area contributed by atoms with E-state index in [-0.39, 0.29) is 12.0 Å². The molecule has 1 N–H and O–H groups in total. The Morgan fingerprint density at radius 2 is 2.29 bits per heavy atom. The first-order chi connectivity index (χ1) is 11.7. The Morgan fingerprint density at radius 1 is 1.46 bits per heavy atom. The number of nitrogens with zero attached hydrogens (tertiary/aromatic N) is 1. The van der Waals surface area contributed by atoms with E-state index >= 15 is 0 Å². The molecular weight excluding hydrogens is 348 g/mol. The number of nitrogens with one attached hydrogen (secondary N) is 1. The molecule has 1 saturated heterocycles. The molecular formula is C17H17ClN2O3S. The van der Waals surface area contributed by atoms with Gasteiger partial charge in [0.25, 0.3) is 5.91 Å². The third kappa shape index (κ3) is 4.01. The van der Waals surface area contributed by atoms with Gasteiger partial charge >= 0.3 is 0 Å². The summed E-state index contributed by atoms with van der Waals surface area (Å²) in [6.07, 6.45) is 4.20. The number of hydrogen-bond acceptors (Lipinski definition) is 5. The number of amides is 1. The molecule has 0 saturated carbocycles. The number of para-hydroxylation sites is 1. The van der Waals surface area contributed by atoms with Crippen LogP contribution in [0.1, 0.15) is 16.8 Å². The highest BCUT2D eigenvalue weighted by Crippen LogP contribution is 2.27. The average Bonchev–Trinajstić information content (AvgIpc) is 3.10. The van der Waals surface area contributed by atoms with Gasteiger partial charge in [-0.2, -0.15) is 0 Å². The highest BCUT2D eigenvalue weighted by molar-refractivity contribution is 7.98. The zero-order chi connectivity index (χ0) is 16.9. The van der Waals surface area contributed by atoms with E-state index in [1.807, 2.05) is 30.5 Å². The Balaban J connectivity index is 1.72. The van der Waals surface area contributed by atoms with Crippen molar-refractivity contribution >= 4 is 35.0 Å². The van der Waals surface area contributed by atoms with Gasteiger partial charge in [0.2, 0.25) is 5.88 Å². The van der Waals surface area contributed by atoms with E-state index in [9.17, 15) is 4.79 Å². The van der Waals surface area contributed by atoms with E-state index in [0.717, 1.165) is 17.0 Å². The van der Waals surface area contributed by atoms with Crippen LogP contribution in [0, 0.1) is 0 Å². The molecule has 1 fully saturated rings. The van der Waals surface area contributed by atoms with Crippen LogP contribution >= 0.6 is 23.4 Å². The molecule has 1 unspecified atom stereocenters. The summed E-state index contributed by atoms with van der Waals surface area (Å²) in [5.74, 6) is 0.0647. The summed E-state index contributed by atoms with van der Waals surface area (Å²) in [6.45, 7) is 1.21. The molecule has 7 heteroatoms. The van der Waals surface area contributed by atoms with Crippen molar-refractivity contribution in [2.24, 2.45) is 0 Å². The minimum Gasteiger partial charge on any atom is -0.471 e. The smallest absolute Gasteiger partial charge is 0.257 e. The van der Waals surface area contributed by atoms with Crippen molar-refractivity contribution in [3.8, 4) is 5.88 Å². The Kier molecular flexibility index (Phi) is 5.60. The second kappa shape index (κ2) is 7.88. The van der Waals surface area contributed by atoms with E-state index in [1.54, 1.807) is 17.8 Å². The number of hydrogen-bond donors (Lipinski definition) is 1. The summed E-state index contributed by atoms with van der Waals surface area (Å²) in [7, 11) is 0. The van der Waals surface area contributed by atoms with Crippen LogP contribution in [0.2, 0.25) is 5.02 Å². The molecule has 1 aromatic carbocycles. The lowest BCUT2D eigenvalue weighted by Gasteiger charge is -2.13. The van der Waals surface area contributed by atoms with Gasteiger partial charge in [-0.25, -0.2) is 4.98 Å². The van der Waals surface area contributed by atoms with Gasteiger partial charge in [-0.05, 0) is 24.5 Å². The monoisotopic (exact) mass is 364 g/mol. The van der Waals surface area contributed by atoms with Gasteiger partial charge in [0.05, 0.1) is 24.5 Å². The number of benzene rings is 1. The van der Waals surface area contributed by atoms with Gasteiger partial charge in [-0.15, -0.1) is 11.8 Å². The van der Waals surface area contributed by atoms with E-state index < -0.39 is 0 Å². The van der Waals surface area contributed by atoms with Crippen molar-refractivity contribution in [1.82, 2.24) is 4.98 Å². The average molecular weight is 365 g/mol. The van der Waals surface area contributed by atoms with Gasteiger partial charge in [0.1, 0.15) is 11.1 Å². The fraction of sp³-hybridized carbons (Fsp3) is 0.294. The largest absolute Gasteiger partial charge is 0.471 e. The first-order valence-corrected chi connectivity index (χ1v) is 9.12. The fourth-order valence-electron chi connectivity index (χ4n) is 2.34. The molecule has 1 amide bonds. The first-order valence-electron chi connectivity index (χ1n) is 7.51. The summed E-state index contributed by atoms with van der Waals surface area (Å²) in [4.78, 5) is 17.6. The molecule has 5 nitrogen and oxygen atoms in total. The van der Waals surface area contributed by atoms with Crippen LogP contribution in [0.15, 0.2) is 41.4 Å². The third-order valence-corrected chi connectivity index (χ3v) is 4.66. The van der Waals surface area contributed by atoms with Gasteiger partial charge in [-0.3, -0.25) is 4.79 Å². The molecule has 1 aliphatic heterocycles. The number of rotatable bonds is 5. The third-order valence-electron chi connectivity index (χ3n) is 3.59. The SMILES string of the molecule is CSc1ccccc1NC(=O)c1cnc(OC2CCOC2)c(Cl)c1. The van der Waals surface area contributed by atoms with Crippen molar-refractivity contribution in [3.63, 3.8) is 0 Å². The molecule has 1 atom stereocenters. The molecule has 2 heterocycles. The Labute approximate surface area is 149 Å². The number of pyridine rings is 1. The van der Waals surface area contributed by atoms with Crippen LogP contribution < -0.4 is 10.1 Å². The maximum atomic E-state index is 12.4. The predicted octanol–water partition coefficient (Wildman–Crippen LogP) is 3.88. The lowest BCUT2D eigenvalue weighted by atomic mass is 10.2. The molecule has 2 aromatic rings. The van der Waals surface area contributed by atoms with Gasteiger partial charge < -0.3 is 14.8 Å². The van der Waals surface area contributed by atoms with Crippen LogP contribution in [0.3, 0.4) is 0 Å².